The van der Waals surface area contributed by atoms with Gasteiger partial charge in [0.15, 0.2) is 0 Å². The molecule has 1 aliphatic heterocycles. The van der Waals surface area contributed by atoms with Crippen molar-refractivity contribution in [2.75, 3.05) is 33.2 Å². The second-order valence-corrected chi connectivity index (χ2v) is 5.09. The summed E-state index contributed by atoms with van der Waals surface area (Å²) in [4.78, 5) is 14.8. The molecule has 1 amide bonds. The smallest absolute Gasteiger partial charge is 0.209 e. The molecule has 1 unspecified atom stereocenters. The van der Waals surface area contributed by atoms with Crippen LogP contribution in [0.3, 0.4) is 0 Å². The molecule has 0 aromatic heterocycles. The maximum absolute atomic E-state index is 10.8. The van der Waals surface area contributed by atoms with Gasteiger partial charge < -0.3 is 10.6 Å². The van der Waals surface area contributed by atoms with Crippen LogP contribution in [0.4, 0.5) is 0 Å². The van der Waals surface area contributed by atoms with Crippen LogP contribution in [0.25, 0.3) is 0 Å². The SMILES string of the molecule is CN(N)/N=C(\N)C(c1ccccc1)N1CCN(C=O)CC1. The number of rotatable bonds is 5. The number of amides is 1. The number of hydrogen-bond acceptors (Lipinski definition) is 5. The Labute approximate surface area is 124 Å². The van der Waals surface area contributed by atoms with Crippen LogP contribution < -0.4 is 11.6 Å². The quantitative estimate of drug-likeness (QED) is 0.253. The number of hydrogen-bond donors (Lipinski definition) is 2. The monoisotopic (exact) mass is 290 g/mol. The molecular formula is C14H22N6O. The molecule has 1 heterocycles. The molecule has 0 aliphatic carbocycles. The molecule has 2 rings (SSSR count). The lowest BCUT2D eigenvalue weighted by Gasteiger charge is -2.37. The van der Waals surface area contributed by atoms with E-state index in [9.17, 15) is 4.79 Å². The average Bonchev–Trinajstić information content (AvgIpc) is 2.48. The van der Waals surface area contributed by atoms with E-state index in [-0.39, 0.29) is 6.04 Å². The van der Waals surface area contributed by atoms with E-state index in [1.165, 1.54) is 5.12 Å². The topological polar surface area (TPSA) is 91.2 Å². The van der Waals surface area contributed by atoms with Crippen LogP contribution in [0, 0.1) is 0 Å². The summed E-state index contributed by atoms with van der Waals surface area (Å²) in [6.07, 6.45) is 0.889. The van der Waals surface area contributed by atoms with Gasteiger partial charge in [-0.25, -0.2) is 11.0 Å². The average molecular weight is 290 g/mol. The summed E-state index contributed by atoms with van der Waals surface area (Å²) >= 11 is 0. The third-order valence-electron chi connectivity index (χ3n) is 3.53. The van der Waals surface area contributed by atoms with Gasteiger partial charge in [0, 0.05) is 33.2 Å². The van der Waals surface area contributed by atoms with Crippen molar-refractivity contribution in [1.29, 1.82) is 0 Å². The molecule has 0 spiro atoms. The van der Waals surface area contributed by atoms with Crippen LogP contribution in [0.2, 0.25) is 0 Å². The maximum Gasteiger partial charge on any atom is 0.209 e. The van der Waals surface area contributed by atoms with Crippen molar-refractivity contribution in [3.8, 4) is 0 Å². The Morgan fingerprint density at radius 3 is 2.43 bits per heavy atom. The van der Waals surface area contributed by atoms with E-state index >= 15 is 0 Å². The van der Waals surface area contributed by atoms with Gasteiger partial charge in [0.05, 0.1) is 6.04 Å². The highest BCUT2D eigenvalue weighted by molar-refractivity contribution is 5.86. The molecule has 1 aliphatic rings. The molecule has 0 bridgehead atoms. The highest BCUT2D eigenvalue weighted by Gasteiger charge is 2.27. The van der Waals surface area contributed by atoms with E-state index in [4.69, 9.17) is 11.6 Å². The molecule has 1 atom stereocenters. The van der Waals surface area contributed by atoms with Crippen molar-refractivity contribution in [2.24, 2.45) is 16.7 Å². The van der Waals surface area contributed by atoms with E-state index in [0.29, 0.717) is 18.9 Å². The Balaban J connectivity index is 2.23. The largest absolute Gasteiger partial charge is 0.384 e. The summed E-state index contributed by atoms with van der Waals surface area (Å²) < 4.78 is 0. The van der Waals surface area contributed by atoms with Crippen molar-refractivity contribution in [3.05, 3.63) is 35.9 Å². The minimum atomic E-state index is -0.133. The first-order valence-electron chi connectivity index (χ1n) is 6.92. The van der Waals surface area contributed by atoms with Gasteiger partial charge in [-0.15, -0.1) is 5.10 Å². The molecule has 21 heavy (non-hydrogen) atoms. The fourth-order valence-corrected chi connectivity index (χ4v) is 2.54. The molecule has 0 saturated carbocycles. The van der Waals surface area contributed by atoms with Gasteiger partial charge >= 0.3 is 0 Å². The zero-order chi connectivity index (χ0) is 15.2. The van der Waals surface area contributed by atoms with Crippen LogP contribution in [-0.2, 0) is 4.79 Å². The van der Waals surface area contributed by atoms with Gasteiger partial charge in [-0.1, -0.05) is 30.3 Å². The fraction of sp³-hybridized carbons (Fsp3) is 0.429. The van der Waals surface area contributed by atoms with Crippen LogP contribution in [0.5, 0.6) is 0 Å². The van der Waals surface area contributed by atoms with Gasteiger partial charge in [-0.2, -0.15) is 0 Å². The van der Waals surface area contributed by atoms with E-state index in [1.807, 2.05) is 30.3 Å². The number of hydrazine groups is 1. The predicted molar refractivity (Wildman–Crippen MR) is 82.0 cm³/mol. The van der Waals surface area contributed by atoms with Crippen molar-refractivity contribution in [2.45, 2.75) is 6.04 Å². The number of nitrogens with two attached hydrogens (primary N) is 2. The Morgan fingerprint density at radius 1 is 1.29 bits per heavy atom. The lowest BCUT2D eigenvalue weighted by atomic mass is 10.0. The number of hydrazone groups is 1. The third-order valence-corrected chi connectivity index (χ3v) is 3.53. The lowest BCUT2D eigenvalue weighted by Crippen LogP contribution is -2.50. The van der Waals surface area contributed by atoms with Gasteiger partial charge in [-0.05, 0) is 5.56 Å². The van der Waals surface area contributed by atoms with Crippen molar-refractivity contribution >= 4 is 12.2 Å². The summed E-state index contributed by atoms with van der Waals surface area (Å²) in [6, 6.07) is 9.83. The molecule has 7 nitrogen and oxygen atoms in total. The number of carbonyl (C=O) groups excluding carboxylic acids is 1. The molecule has 1 fully saturated rings. The Hall–Kier alpha value is -2.12. The molecular weight excluding hydrogens is 268 g/mol. The van der Waals surface area contributed by atoms with E-state index < -0.39 is 0 Å². The first kappa shape index (κ1) is 15.3. The summed E-state index contributed by atoms with van der Waals surface area (Å²) in [7, 11) is 1.64. The molecule has 114 valence electrons. The third kappa shape index (κ3) is 3.93. The van der Waals surface area contributed by atoms with Crippen molar-refractivity contribution < 1.29 is 4.79 Å². The summed E-state index contributed by atoms with van der Waals surface area (Å²) in [6.45, 7) is 2.89. The van der Waals surface area contributed by atoms with E-state index in [1.54, 1.807) is 11.9 Å². The summed E-state index contributed by atoms with van der Waals surface area (Å²) in [5.41, 5.74) is 7.22. The molecule has 4 N–H and O–H groups in total. The zero-order valence-corrected chi connectivity index (χ0v) is 12.2. The first-order chi connectivity index (χ1) is 10.1. The molecule has 0 radical (unpaired) electrons. The minimum absolute atomic E-state index is 0.133. The van der Waals surface area contributed by atoms with Crippen LogP contribution in [-0.4, -0.2) is 60.4 Å². The number of carbonyl (C=O) groups is 1. The fourth-order valence-electron chi connectivity index (χ4n) is 2.54. The van der Waals surface area contributed by atoms with Crippen LogP contribution in [0.1, 0.15) is 11.6 Å². The van der Waals surface area contributed by atoms with Crippen molar-refractivity contribution in [1.82, 2.24) is 14.9 Å². The summed E-state index contributed by atoms with van der Waals surface area (Å²) in [5, 5.41) is 5.36. The molecule has 1 saturated heterocycles. The molecule has 1 aromatic carbocycles. The second-order valence-electron chi connectivity index (χ2n) is 5.09. The predicted octanol–water partition coefficient (Wildman–Crippen LogP) is -0.421. The van der Waals surface area contributed by atoms with Crippen LogP contribution >= 0.6 is 0 Å². The molecule has 1 aromatic rings. The van der Waals surface area contributed by atoms with Gasteiger partial charge in [-0.3, -0.25) is 9.69 Å². The number of amidine groups is 1. The Kier molecular flexibility index (Phi) is 5.13. The minimum Gasteiger partial charge on any atom is -0.384 e. The highest BCUT2D eigenvalue weighted by Crippen LogP contribution is 2.22. The van der Waals surface area contributed by atoms with E-state index in [2.05, 4.69) is 10.0 Å². The Morgan fingerprint density at radius 2 is 1.90 bits per heavy atom. The normalized spacial score (nSPS) is 18.4. The molecule has 7 heteroatoms. The Bertz CT molecular complexity index is 481. The number of piperazine rings is 1. The summed E-state index contributed by atoms with van der Waals surface area (Å²) in [5.74, 6) is 6.02. The lowest BCUT2D eigenvalue weighted by molar-refractivity contribution is -0.119. The van der Waals surface area contributed by atoms with E-state index in [0.717, 1.165) is 25.1 Å². The van der Waals surface area contributed by atoms with Gasteiger partial charge in [0.25, 0.3) is 0 Å². The van der Waals surface area contributed by atoms with Gasteiger partial charge in [0.1, 0.15) is 5.84 Å². The first-order valence-corrected chi connectivity index (χ1v) is 6.92. The zero-order valence-electron chi connectivity index (χ0n) is 12.2. The number of benzene rings is 1. The van der Waals surface area contributed by atoms with Crippen LogP contribution in [0.15, 0.2) is 35.4 Å². The maximum atomic E-state index is 10.8. The second kappa shape index (κ2) is 7.05. The number of nitrogens with zero attached hydrogens (tertiary/aromatic N) is 4. The highest BCUT2D eigenvalue weighted by atomic mass is 16.1. The standard InChI is InChI=1S/C14H22N6O/c1-18(16)17-14(15)13(12-5-3-2-4-6-12)20-9-7-19(11-21)8-10-20/h2-6,11,13H,7-10,16H2,1H3,(H2,15,17). The van der Waals surface area contributed by atoms with Crippen molar-refractivity contribution in [3.63, 3.8) is 0 Å². The van der Waals surface area contributed by atoms with Gasteiger partial charge in [0.2, 0.25) is 6.41 Å².